The van der Waals surface area contributed by atoms with Crippen LogP contribution in [0.4, 0.5) is 13.2 Å². The third-order valence-electron chi connectivity index (χ3n) is 3.79. The molecule has 1 aliphatic rings. The molecule has 0 radical (unpaired) electrons. The van der Waals surface area contributed by atoms with Crippen molar-refractivity contribution in [3.63, 3.8) is 0 Å². The van der Waals surface area contributed by atoms with Gasteiger partial charge < -0.3 is 4.74 Å². The van der Waals surface area contributed by atoms with E-state index in [2.05, 4.69) is 4.99 Å². The van der Waals surface area contributed by atoms with Crippen LogP contribution in [-0.4, -0.2) is 13.2 Å². The fraction of sp³-hybridized carbons (Fsp3) is 0.500. The monoisotopic (exact) mass is 319 g/mol. The van der Waals surface area contributed by atoms with E-state index in [9.17, 15) is 18.0 Å². The number of benzene rings is 1. The summed E-state index contributed by atoms with van der Waals surface area (Å²) >= 11 is 5.96. The van der Waals surface area contributed by atoms with Gasteiger partial charge in [0.25, 0.3) is 0 Å². The first-order valence-electron chi connectivity index (χ1n) is 6.38. The van der Waals surface area contributed by atoms with Gasteiger partial charge >= 0.3 is 6.18 Å². The molecule has 0 aromatic heterocycles. The van der Waals surface area contributed by atoms with E-state index >= 15 is 0 Å². The average Bonchev–Trinajstić information content (AvgIpc) is 2.87. The maximum atomic E-state index is 13.3. The lowest BCUT2D eigenvalue weighted by Gasteiger charge is -2.27. The lowest BCUT2D eigenvalue weighted by Crippen LogP contribution is -2.24. The van der Waals surface area contributed by atoms with Crippen LogP contribution in [0.5, 0.6) is 5.75 Å². The van der Waals surface area contributed by atoms with E-state index in [1.807, 2.05) is 0 Å². The van der Waals surface area contributed by atoms with Crippen LogP contribution in [0.2, 0.25) is 5.02 Å². The van der Waals surface area contributed by atoms with Gasteiger partial charge in [0.05, 0.1) is 23.2 Å². The van der Waals surface area contributed by atoms with Crippen molar-refractivity contribution in [2.45, 2.75) is 37.4 Å². The molecule has 1 fully saturated rings. The van der Waals surface area contributed by atoms with Gasteiger partial charge in [-0.05, 0) is 30.5 Å². The van der Waals surface area contributed by atoms with Gasteiger partial charge in [-0.3, -0.25) is 0 Å². The molecule has 1 aromatic carbocycles. The lowest BCUT2D eigenvalue weighted by molar-refractivity contribution is -0.138. The van der Waals surface area contributed by atoms with Crippen molar-refractivity contribution in [1.82, 2.24) is 0 Å². The molecule has 0 unspecified atom stereocenters. The summed E-state index contributed by atoms with van der Waals surface area (Å²) in [4.78, 5) is 14.4. The summed E-state index contributed by atoms with van der Waals surface area (Å²) in [5.41, 5.74) is -2.14. The molecular weight excluding hydrogens is 307 g/mol. The minimum absolute atomic E-state index is 0.0593. The number of carbonyl (C=O) groups excluding carboxylic acids is 1. The summed E-state index contributed by atoms with van der Waals surface area (Å²) in [5, 5.41) is 0.0628. The normalized spacial score (nSPS) is 17.4. The molecule has 0 amide bonds. The Kier molecular flexibility index (Phi) is 4.30. The zero-order valence-corrected chi connectivity index (χ0v) is 12.0. The van der Waals surface area contributed by atoms with Crippen LogP contribution in [0.15, 0.2) is 17.1 Å². The number of methoxy groups -OCH3 is 1. The molecule has 114 valence electrons. The summed E-state index contributed by atoms with van der Waals surface area (Å²) in [6.45, 7) is 0. The fourth-order valence-electron chi connectivity index (χ4n) is 2.82. The van der Waals surface area contributed by atoms with Gasteiger partial charge in [0.2, 0.25) is 6.08 Å². The lowest BCUT2D eigenvalue weighted by atomic mass is 9.85. The van der Waals surface area contributed by atoms with E-state index in [-0.39, 0.29) is 16.3 Å². The topological polar surface area (TPSA) is 38.7 Å². The summed E-state index contributed by atoms with van der Waals surface area (Å²) in [5.74, 6) is -0.0593. The van der Waals surface area contributed by atoms with Gasteiger partial charge in [0, 0.05) is 0 Å². The predicted octanol–water partition coefficient (Wildman–Crippen LogP) is 4.47. The Hall–Kier alpha value is -1.52. The largest absolute Gasteiger partial charge is 0.495 e. The number of alkyl halides is 3. The molecular formula is C14H13ClF3NO2. The molecule has 7 heteroatoms. The zero-order valence-electron chi connectivity index (χ0n) is 11.3. The number of ether oxygens (including phenoxy) is 1. The molecule has 0 saturated heterocycles. The van der Waals surface area contributed by atoms with E-state index in [1.165, 1.54) is 19.3 Å². The maximum absolute atomic E-state index is 13.3. The van der Waals surface area contributed by atoms with Crippen LogP contribution in [0.3, 0.4) is 0 Å². The zero-order chi connectivity index (χ0) is 15.7. The average molecular weight is 320 g/mol. The highest BCUT2D eigenvalue weighted by Gasteiger charge is 2.44. The van der Waals surface area contributed by atoms with Crippen LogP contribution >= 0.6 is 11.6 Å². The van der Waals surface area contributed by atoms with Crippen LogP contribution in [0.25, 0.3) is 0 Å². The van der Waals surface area contributed by atoms with Crippen LogP contribution in [0, 0.1) is 0 Å². The van der Waals surface area contributed by atoms with E-state index < -0.39 is 17.3 Å². The second-order valence-electron chi connectivity index (χ2n) is 4.97. The third kappa shape index (κ3) is 2.92. The number of aliphatic imine (C=N–C) groups is 1. The van der Waals surface area contributed by atoms with Crippen LogP contribution < -0.4 is 4.74 Å². The van der Waals surface area contributed by atoms with Gasteiger partial charge in [-0.1, -0.05) is 24.4 Å². The Morgan fingerprint density at radius 1 is 1.33 bits per heavy atom. The quantitative estimate of drug-likeness (QED) is 0.609. The Labute approximate surface area is 124 Å². The van der Waals surface area contributed by atoms with Crippen molar-refractivity contribution >= 4 is 17.7 Å². The molecule has 2 rings (SSSR count). The molecule has 0 heterocycles. The van der Waals surface area contributed by atoms with Gasteiger partial charge in [-0.2, -0.15) is 18.2 Å². The first-order valence-corrected chi connectivity index (χ1v) is 6.76. The third-order valence-corrected chi connectivity index (χ3v) is 4.08. The van der Waals surface area contributed by atoms with Gasteiger partial charge in [-0.15, -0.1) is 0 Å². The summed E-state index contributed by atoms with van der Waals surface area (Å²) < 4.78 is 44.8. The highest BCUT2D eigenvalue weighted by Crippen LogP contribution is 2.49. The fourth-order valence-corrected chi connectivity index (χ4v) is 3.06. The molecule has 21 heavy (non-hydrogen) atoms. The van der Waals surface area contributed by atoms with Crippen LogP contribution in [0.1, 0.15) is 36.8 Å². The summed E-state index contributed by atoms with van der Waals surface area (Å²) in [6.07, 6.45) is -1.03. The Morgan fingerprint density at radius 3 is 2.43 bits per heavy atom. The molecule has 1 aromatic rings. The van der Waals surface area contributed by atoms with E-state index in [0.29, 0.717) is 25.7 Å². The number of halogens is 4. The molecule has 0 N–H and O–H groups in total. The molecule has 3 nitrogen and oxygen atoms in total. The molecule has 0 bridgehead atoms. The SMILES string of the molecule is COc1cc(C(F)(F)F)c(C2(N=C=O)CCCC2)cc1Cl. The first-order chi connectivity index (χ1) is 9.84. The first kappa shape index (κ1) is 15.9. The van der Waals surface area contributed by atoms with Crippen molar-refractivity contribution < 1.29 is 22.7 Å². The highest BCUT2D eigenvalue weighted by atomic mass is 35.5. The number of hydrogen-bond acceptors (Lipinski definition) is 3. The minimum Gasteiger partial charge on any atom is -0.495 e. The molecule has 0 spiro atoms. The van der Waals surface area contributed by atoms with Crippen LogP contribution in [-0.2, 0) is 16.5 Å². The molecule has 0 aliphatic heterocycles. The smallest absolute Gasteiger partial charge is 0.416 e. The maximum Gasteiger partial charge on any atom is 0.416 e. The van der Waals surface area contributed by atoms with Gasteiger partial charge in [0.15, 0.2) is 0 Å². The summed E-state index contributed by atoms with van der Waals surface area (Å²) in [7, 11) is 1.25. The van der Waals surface area contributed by atoms with Crippen molar-refractivity contribution in [2.75, 3.05) is 7.11 Å². The number of rotatable bonds is 3. The highest BCUT2D eigenvalue weighted by molar-refractivity contribution is 6.32. The Bertz CT molecular complexity index is 589. The van der Waals surface area contributed by atoms with Crippen molar-refractivity contribution in [2.24, 2.45) is 4.99 Å². The Morgan fingerprint density at radius 2 is 1.95 bits per heavy atom. The predicted molar refractivity (Wildman–Crippen MR) is 71.3 cm³/mol. The van der Waals surface area contributed by atoms with E-state index in [1.54, 1.807) is 0 Å². The molecule has 0 atom stereocenters. The van der Waals surface area contributed by atoms with Gasteiger partial charge in [-0.25, -0.2) is 4.79 Å². The van der Waals surface area contributed by atoms with Crippen molar-refractivity contribution in [1.29, 1.82) is 0 Å². The van der Waals surface area contributed by atoms with Crippen molar-refractivity contribution in [3.8, 4) is 5.75 Å². The van der Waals surface area contributed by atoms with E-state index in [4.69, 9.17) is 16.3 Å². The van der Waals surface area contributed by atoms with Gasteiger partial charge in [0.1, 0.15) is 5.75 Å². The molecule has 1 aliphatic carbocycles. The summed E-state index contributed by atoms with van der Waals surface area (Å²) in [6, 6.07) is 2.06. The van der Waals surface area contributed by atoms with Crippen molar-refractivity contribution in [3.05, 3.63) is 28.3 Å². The standard InChI is InChI=1S/C14H13ClF3NO2/c1-21-12-7-10(14(16,17)18)9(6-11(12)15)13(19-8-20)4-2-3-5-13/h6-7H,2-5H2,1H3. The number of hydrogen-bond donors (Lipinski definition) is 0. The molecule has 1 saturated carbocycles. The Balaban J connectivity index is 2.71. The van der Waals surface area contributed by atoms with E-state index in [0.717, 1.165) is 6.07 Å². The minimum atomic E-state index is -4.58. The number of nitrogens with zero attached hydrogens (tertiary/aromatic N) is 1. The number of isocyanates is 1. The second-order valence-corrected chi connectivity index (χ2v) is 5.38. The second kappa shape index (κ2) is 5.70.